The van der Waals surface area contributed by atoms with E-state index >= 15 is 0 Å². The molecule has 102 valence electrons. The van der Waals surface area contributed by atoms with Gasteiger partial charge in [-0.3, -0.25) is 5.41 Å². The van der Waals surface area contributed by atoms with Crippen molar-refractivity contribution >= 4 is 16.0 Å². The molecule has 0 unspecified atom stereocenters. The molecule has 0 bridgehead atoms. The average Bonchev–Trinajstić information content (AvgIpc) is 2.11. The fourth-order valence-corrected chi connectivity index (χ4v) is 1.61. The Morgan fingerprint density at radius 2 is 1.65 bits per heavy atom. The van der Waals surface area contributed by atoms with Gasteiger partial charge in [0, 0.05) is 12.0 Å². The molecule has 0 radical (unpaired) electrons. The van der Waals surface area contributed by atoms with Crippen LogP contribution >= 0.6 is 0 Å². The van der Waals surface area contributed by atoms with Crippen molar-refractivity contribution in [2.24, 2.45) is 11.1 Å². The summed E-state index contributed by atoms with van der Waals surface area (Å²) in [4.78, 5) is 0. The van der Waals surface area contributed by atoms with Crippen molar-refractivity contribution in [2.75, 3.05) is 13.1 Å². The summed E-state index contributed by atoms with van der Waals surface area (Å²) < 4.78 is 60.8. The van der Waals surface area contributed by atoms with Crippen LogP contribution in [0.2, 0.25) is 0 Å². The highest BCUT2D eigenvalue weighted by molar-refractivity contribution is 7.87. The molecule has 6 nitrogen and oxygen atoms in total. The van der Waals surface area contributed by atoms with Gasteiger partial charge in [0.05, 0.1) is 5.84 Å². The number of hydrogen-bond acceptors (Lipinski definition) is 3. The van der Waals surface area contributed by atoms with E-state index in [4.69, 9.17) is 11.1 Å². The molecule has 0 fully saturated rings. The molecule has 0 heterocycles. The predicted octanol–water partition coefficient (Wildman–Crippen LogP) is -0.0651. The summed E-state index contributed by atoms with van der Waals surface area (Å²) in [6.45, 7) is 1.06. The average molecular weight is 276 g/mol. The van der Waals surface area contributed by atoms with Crippen molar-refractivity contribution in [1.29, 1.82) is 5.41 Å². The van der Waals surface area contributed by atoms with Gasteiger partial charge < -0.3 is 5.73 Å². The van der Waals surface area contributed by atoms with Gasteiger partial charge in [-0.25, -0.2) is 4.72 Å². The molecule has 0 saturated heterocycles. The second-order valence-electron chi connectivity index (χ2n) is 4.06. The van der Waals surface area contributed by atoms with Crippen molar-refractivity contribution in [3.63, 3.8) is 0 Å². The fourth-order valence-electron chi connectivity index (χ4n) is 0.599. The highest BCUT2D eigenvalue weighted by Gasteiger charge is 2.30. The van der Waals surface area contributed by atoms with Gasteiger partial charge >= 0.3 is 6.18 Å². The summed E-state index contributed by atoms with van der Waals surface area (Å²) in [5.41, 5.74) is 4.23. The number of rotatable bonds is 6. The molecule has 0 saturated carbocycles. The summed E-state index contributed by atoms with van der Waals surface area (Å²) in [7, 11) is -4.25. The van der Waals surface area contributed by atoms with E-state index in [1.54, 1.807) is 0 Å². The maximum atomic E-state index is 11.8. The van der Waals surface area contributed by atoms with E-state index in [0.717, 1.165) is 0 Å². The number of alkyl halides is 3. The van der Waals surface area contributed by atoms with E-state index in [0.29, 0.717) is 0 Å². The van der Waals surface area contributed by atoms with Crippen LogP contribution in [0.1, 0.15) is 13.8 Å². The Kier molecular flexibility index (Phi) is 4.92. The highest BCUT2D eigenvalue weighted by atomic mass is 32.2. The van der Waals surface area contributed by atoms with Crippen LogP contribution in [-0.4, -0.2) is 33.5 Å². The zero-order chi connectivity index (χ0) is 13.9. The zero-order valence-electron chi connectivity index (χ0n) is 9.35. The number of nitrogens with two attached hydrogens (primary N) is 1. The van der Waals surface area contributed by atoms with Gasteiger partial charge in [0.25, 0.3) is 10.2 Å². The second-order valence-corrected chi connectivity index (χ2v) is 5.64. The molecule has 0 spiro atoms. The van der Waals surface area contributed by atoms with Crippen LogP contribution < -0.4 is 15.2 Å². The maximum Gasteiger partial charge on any atom is 0.402 e. The Bertz CT molecular complexity index is 377. The third-order valence-corrected chi connectivity index (χ3v) is 2.94. The monoisotopic (exact) mass is 276 g/mol. The minimum Gasteiger partial charge on any atom is -0.387 e. The van der Waals surface area contributed by atoms with Gasteiger partial charge in [0.15, 0.2) is 0 Å². The van der Waals surface area contributed by atoms with Crippen LogP contribution in [-0.2, 0) is 10.2 Å². The van der Waals surface area contributed by atoms with Crippen LogP contribution in [0.25, 0.3) is 0 Å². The van der Waals surface area contributed by atoms with E-state index in [1.165, 1.54) is 18.6 Å². The van der Waals surface area contributed by atoms with E-state index < -0.39 is 28.3 Å². The molecule has 5 N–H and O–H groups in total. The predicted molar refractivity (Wildman–Crippen MR) is 56.7 cm³/mol. The van der Waals surface area contributed by atoms with Gasteiger partial charge in [-0.05, 0) is 0 Å². The maximum absolute atomic E-state index is 11.8. The van der Waals surface area contributed by atoms with Gasteiger partial charge in [-0.15, -0.1) is 0 Å². The van der Waals surface area contributed by atoms with Crippen molar-refractivity contribution in [1.82, 2.24) is 9.44 Å². The lowest BCUT2D eigenvalue weighted by Crippen LogP contribution is -2.47. The summed E-state index contributed by atoms with van der Waals surface area (Å²) >= 11 is 0. The SMILES string of the molecule is CC(C)(CNS(=O)(=O)NCC(F)(F)F)C(=N)N. The first kappa shape index (κ1) is 16.1. The first-order valence-corrected chi connectivity index (χ1v) is 5.99. The molecule has 0 aliphatic carbocycles. The topological polar surface area (TPSA) is 108 Å². The lowest BCUT2D eigenvalue weighted by atomic mass is 9.93. The number of halogens is 3. The summed E-state index contributed by atoms with van der Waals surface area (Å²) in [5.74, 6) is -0.268. The van der Waals surface area contributed by atoms with Crippen molar-refractivity contribution in [3.05, 3.63) is 0 Å². The Balaban J connectivity index is 4.34. The van der Waals surface area contributed by atoms with Gasteiger partial charge in [-0.1, -0.05) is 13.8 Å². The molecular weight excluding hydrogens is 261 g/mol. The molecule has 0 atom stereocenters. The van der Waals surface area contributed by atoms with Crippen molar-refractivity contribution < 1.29 is 21.6 Å². The Hall–Kier alpha value is -0.870. The summed E-state index contributed by atoms with van der Waals surface area (Å²) in [6, 6.07) is 0. The molecule has 0 rings (SSSR count). The van der Waals surface area contributed by atoms with Crippen molar-refractivity contribution in [2.45, 2.75) is 20.0 Å². The number of amidine groups is 1. The van der Waals surface area contributed by atoms with Crippen LogP contribution in [0.15, 0.2) is 0 Å². The van der Waals surface area contributed by atoms with Gasteiger partial charge in [-0.2, -0.15) is 26.3 Å². The lowest BCUT2D eigenvalue weighted by Gasteiger charge is -2.23. The van der Waals surface area contributed by atoms with Gasteiger partial charge in [0.1, 0.15) is 6.54 Å². The number of nitrogens with one attached hydrogen (secondary N) is 3. The largest absolute Gasteiger partial charge is 0.402 e. The third kappa shape index (κ3) is 7.13. The van der Waals surface area contributed by atoms with Crippen molar-refractivity contribution in [3.8, 4) is 0 Å². The Morgan fingerprint density at radius 3 is 2.00 bits per heavy atom. The zero-order valence-corrected chi connectivity index (χ0v) is 10.2. The smallest absolute Gasteiger partial charge is 0.387 e. The molecule has 0 aromatic carbocycles. The molecule has 0 amide bonds. The standard InChI is InChI=1S/C7H15F3N4O2S/c1-6(2,5(11)12)3-13-17(15,16)14-4-7(8,9)10/h13-14H,3-4H2,1-2H3,(H3,11,12). The minimum atomic E-state index is -4.62. The van der Waals surface area contributed by atoms with Crippen LogP contribution in [0.4, 0.5) is 13.2 Å². The Labute approximate surface area is 97.4 Å². The van der Waals surface area contributed by atoms with Crippen LogP contribution in [0.5, 0.6) is 0 Å². The molecule has 0 aliphatic rings. The Morgan fingerprint density at radius 1 is 1.24 bits per heavy atom. The molecule has 17 heavy (non-hydrogen) atoms. The summed E-state index contributed by atoms with van der Waals surface area (Å²) in [6.07, 6.45) is -4.62. The molecule has 0 aromatic rings. The number of hydrogen-bond donors (Lipinski definition) is 4. The molecule has 0 aliphatic heterocycles. The quantitative estimate of drug-likeness (QED) is 0.403. The second kappa shape index (κ2) is 5.19. The lowest BCUT2D eigenvalue weighted by molar-refractivity contribution is -0.121. The molecular formula is C7H15F3N4O2S. The highest BCUT2D eigenvalue weighted by Crippen LogP contribution is 2.14. The normalized spacial score (nSPS) is 13.7. The van der Waals surface area contributed by atoms with Gasteiger partial charge in [0.2, 0.25) is 0 Å². The fraction of sp³-hybridized carbons (Fsp3) is 0.857. The van der Waals surface area contributed by atoms with E-state index in [1.807, 2.05) is 4.72 Å². The minimum absolute atomic E-state index is 0.268. The summed E-state index contributed by atoms with van der Waals surface area (Å²) in [5, 5.41) is 7.15. The first-order valence-electron chi connectivity index (χ1n) is 4.51. The first-order chi connectivity index (χ1) is 7.36. The molecule has 10 heteroatoms. The van der Waals surface area contributed by atoms with E-state index in [-0.39, 0.29) is 12.4 Å². The van der Waals surface area contributed by atoms with Crippen LogP contribution in [0, 0.1) is 10.8 Å². The van der Waals surface area contributed by atoms with E-state index in [2.05, 4.69) is 0 Å². The van der Waals surface area contributed by atoms with E-state index in [9.17, 15) is 21.6 Å². The third-order valence-electron chi connectivity index (χ3n) is 1.90. The molecule has 0 aromatic heterocycles. The van der Waals surface area contributed by atoms with Crippen LogP contribution in [0.3, 0.4) is 0 Å².